The number of fused-ring (bicyclic) bond motifs is 1. The van der Waals surface area contributed by atoms with E-state index in [1.54, 1.807) is 18.2 Å². The predicted octanol–water partition coefficient (Wildman–Crippen LogP) is 3.23. The van der Waals surface area contributed by atoms with Crippen molar-refractivity contribution in [2.24, 2.45) is 4.99 Å². The number of nitrogens with one attached hydrogen (secondary N) is 1. The minimum absolute atomic E-state index is 0.0806. The minimum Gasteiger partial charge on any atom is -0.454 e. The summed E-state index contributed by atoms with van der Waals surface area (Å²) in [6.45, 7) is 2.43. The van der Waals surface area contributed by atoms with Crippen LogP contribution in [0.4, 0.5) is 5.69 Å². The molecular weight excluding hydrogens is 428 g/mol. The Labute approximate surface area is 189 Å². The lowest BCUT2D eigenvalue weighted by Gasteiger charge is -2.18. The number of hydrogen-bond donors (Lipinski definition) is 1. The Morgan fingerprint density at radius 3 is 2.81 bits per heavy atom. The van der Waals surface area contributed by atoms with Gasteiger partial charge < -0.3 is 14.8 Å². The molecule has 0 aromatic heterocycles. The molecule has 0 fully saturated rings. The van der Waals surface area contributed by atoms with Crippen molar-refractivity contribution in [2.75, 3.05) is 24.0 Å². The van der Waals surface area contributed by atoms with Crippen LogP contribution >= 0.6 is 11.8 Å². The highest BCUT2D eigenvalue weighted by molar-refractivity contribution is 8.14. The fourth-order valence-electron chi connectivity index (χ4n) is 3.11. The second kappa shape index (κ2) is 9.58. The molecule has 2 aromatic rings. The van der Waals surface area contributed by atoms with Crippen LogP contribution in [0.1, 0.15) is 17.5 Å². The molecule has 9 heteroatoms. The number of nitriles is 1. The number of thioether (sulfide) groups is 1. The van der Waals surface area contributed by atoms with Crippen molar-refractivity contribution in [3.63, 3.8) is 0 Å². The summed E-state index contributed by atoms with van der Waals surface area (Å²) in [7, 11) is 0. The van der Waals surface area contributed by atoms with Gasteiger partial charge in [0.1, 0.15) is 5.70 Å². The maximum Gasteiger partial charge on any atom is 0.283 e. The summed E-state index contributed by atoms with van der Waals surface area (Å²) >= 11 is 1.17. The van der Waals surface area contributed by atoms with E-state index in [1.807, 2.05) is 43.3 Å². The second-order valence-corrected chi connectivity index (χ2v) is 8.00. The first-order valence-corrected chi connectivity index (χ1v) is 10.9. The topological polar surface area (TPSA) is 104 Å². The maximum absolute atomic E-state index is 13.2. The summed E-state index contributed by atoms with van der Waals surface area (Å²) in [5, 5.41) is 11.7. The van der Waals surface area contributed by atoms with Crippen LogP contribution in [0.25, 0.3) is 6.08 Å². The number of nitrogens with zero attached hydrogens (tertiary/aromatic N) is 3. The predicted molar refractivity (Wildman–Crippen MR) is 122 cm³/mol. The van der Waals surface area contributed by atoms with E-state index in [4.69, 9.17) is 14.7 Å². The minimum atomic E-state index is -0.279. The third kappa shape index (κ3) is 4.76. The van der Waals surface area contributed by atoms with Crippen molar-refractivity contribution in [1.29, 1.82) is 5.26 Å². The fourth-order valence-corrected chi connectivity index (χ4v) is 3.96. The molecule has 0 bridgehead atoms. The standard InChI is InChI=1S/C23H20N4O4S/c1-15-3-6-17(7-4-15)27-22(29)18(11-16-5-8-19-20(12-16)31-14-30-19)26-23(27)32-13-21(28)25-10-2-9-24/h3-8,11-12H,2,10,13-14H2,1H3,(H,25,28)/b18-11+. The van der Waals surface area contributed by atoms with Gasteiger partial charge in [-0.2, -0.15) is 5.26 Å². The Morgan fingerprint density at radius 2 is 2.03 bits per heavy atom. The van der Waals surface area contributed by atoms with E-state index >= 15 is 0 Å². The number of carbonyl (C=O) groups is 2. The molecule has 2 aliphatic heterocycles. The number of anilines is 1. The Bertz CT molecular complexity index is 1150. The molecule has 0 unspecified atom stereocenters. The van der Waals surface area contributed by atoms with Gasteiger partial charge in [0.05, 0.1) is 23.9 Å². The number of rotatable bonds is 6. The number of aliphatic imine (C=N–C) groups is 1. The second-order valence-electron chi connectivity index (χ2n) is 7.06. The molecule has 162 valence electrons. The zero-order valence-electron chi connectivity index (χ0n) is 17.3. The van der Waals surface area contributed by atoms with Crippen LogP contribution in [0.3, 0.4) is 0 Å². The van der Waals surface area contributed by atoms with Gasteiger partial charge in [-0.05, 0) is 42.8 Å². The van der Waals surface area contributed by atoms with Gasteiger partial charge in [-0.15, -0.1) is 0 Å². The largest absolute Gasteiger partial charge is 0.454 e. The van der Waals surface area contributed by atoms with Crippen LogP contribution in [0.15, 0.2) is 53.2 Å². The van der Waals surface area contributed by atoms with Crippen molar-refractivity contribution in [1.82, 2.24) is 5.32 Å². The van der Waals surface area contributed by atoms with Gasteiger partial charge in [0, 0.05) is 6.54 Å². The lowest BCUT2D eigenvalue weighted by molar-refractivity contribution is -0.118. The molecule has 0 radical (unpaired) electrons. The van der Waals surface area contributed by atoms with E-state index in [0.29, 0.717) is 22.4 Å². The Morgan fingerprint density at radius 1 is 1.25 bits per heavy atom. The number of carbonyl (C=O) groups excluding carboxylic acids is 2. The van der Waals surface area contributed by atoms with Crippen LogP contribution in [0.2, 0.25) is 0 Å². The number of ether oxygens (including phenoxy) is 2. The number of aryl methyl sites for hydroxylation is 1. The lowest BCUT2D eigenvalue weighted by atomic mass is 10.1. The van der Waals surface area contributed by atoms with Gasteiger partial charge in [-0.25, -0.2) is 4.99 Å². The quantitative estimate of drug-likeness (QED) is 0.538. The first-order chi connectivity index (χ1) is 15.5. The fraction of sp³-hybridized carbons (Fsp3) is 0.217. The monoisotopic (exact) mass is 448 g/mol. The van der Waals surface area contributed by atoms with Gasteiger partial charge >= 0.3 is 0 Å². The van der Waals surface area contributed by atoms with Crippen LogP contribution in [0.5, 0.6) is 11.5 Å². The molecule has 4 rings (SSSR count). The van der Waals surface area contributed by atoms with Crippen molar-refractivity contribution in [2.45, 2.75) is 13.3 Å². The van der Waals surface area contributed by atoms with E-state index < -0.39 is 0 Å². The van der Waals surface area contributed by atoms with Crippen LogP contribution in [0, 0.1) is 18.3 Å². The highest BCUT2D eigenvalue weighted by Crippen LogP contribution is 2.34. The van der Waals surface area contributed by atoms with Crippen molar-refractivity contribution < 1.29 is 19.1 Å². The van der Waals surface area contributed by atoms with E-state index in [-0.39, 0.29) is 43.0 Å². The molecule has 0 saturated carbocycles. The maximum atomic E-state index is 13.2. The SMILES string of the molecule is Cc1ccc(N2C(=O)/C(=C\c3ccc4c(c3)OCO4)N=C2SCC(=O)NCCC#N)cc1. The molecule has 2 heterocycles. The Hall–Kier alpha value is -3.77. The average molecular weight is 449 g/mol. The third-order valence-corrected chi connectivity index (χ3v) is 5.65. The summed E-state index contributed by atoms with van der Waals surface area (Å²) in [4.78, 5) is 31.3. The molecule has 1 N–H and O–H groups in total. The first-order valence-electron chi connectivity index (χ1n) is 9.93. The Balaban J connectivity index is 1.58. The highest BCUT2D eigenvalue weighted by Gasteiger charge is 2.32. The normalized spacial score (nSPS) is 15.6. The van der Waals surface area contributed by atoms with Gasteiger partial charge in [0.15, 0.2) is 16.7 Å². The van der Waals surface area contributed by atoms with Crippen LogP contribution in [-0.4, -0.2) is 36.1 Å². The number of amides is 2. The van der Waals surface area contributed by atoms with Crippen molar-refractivity contribution >= 4 is 40.5 Å². The summed E-state index contributed by atoms with van der Waals surface area (Å²) in [5.74, 6) is 0.856. The summed E-state index contributed by atoms with van der Waals surface area (Å²) < 4.78 is 10.7. The third-order valence-electron chi connectivity index (χ3n) is 4.71. The molecule has 2 amide bonds. The molecule has 0 atom stereocenters. The smallest absolute Gasteiger partial charge is 0.283 e. The summed E-state index contributed by atoms with van der Waals surface area (Å²) in [6, 6.07) is 14.9. The van der Waals surface area contributed by atoms with Crippen molar-refractivity contribution in [3.05, 3.63) is 59.3 Å². The number of benzene rings is 2. The molecule has 0 saturated heterocycles. The van der Waals surface area contributed by atoms with Crippen molar-refractivity contribution in [3.8, 4) is 17.6 Å². The lowest BCUT2D eigenvalue weighted by Crippen LogP contribution is -2.32. The van der Waals surface area contributed by atoms with Gasteiger partial charge in [-0.1, -0.05) is 35.5 Å². The van der Waals surface area contributed by atoms with E-state index in [1.165, 1.54) is 16.7 Å². The summed E-state index contributed by atoms with van der Waals surface area (Å²) in [6.07, 6.45) is 1.93. The highest BCUT2D eigenvalue weighted by atomic mass is 32.2. The number of hydrogen-bond acceptors (Lipinski definition) is 7. The Kier molecular flexibility index (Phi) is 6.42. The molecule has 32 heavy (non-hydrogen) atoms. The summed E-state index contributed by atoms with van der Waals surface area (Å²) in [5.41, 5.74) is 2.76. The van der Waals surface area contributed by atoms with E-state index in [0.717, 1.165) is 11.1 Å². The van der Waals surface area contributed by atoms with E-state index in [2.05, 4.69) is 10.3 Å². The van der Waals surface area contributed by atoms with Gasteiger partial charge in [0.2, 0.25) is 12.7 Å². The van der Waals surface area contributed by atoms with Crippen LogP contribution < -0.4 is 19.7 Å². The van der Waals surface area contributed by atoms with Crippen LogP contribution in [-0.2, 0) is 9.59 Å². The molecule has 8 nitrogen and oxygen atoms in total. The molecule has 0 aliphatic carbocycles. The number of amidine groups is 1. The zero-order valence-corrected chi connectivity index (χ0v) is 18.1. The van der Waals surface area contributed by atoms with Gasteiger partial charge in [-0.3, -0.25) is 14.5 Å². The van der Waals surface area contributed by atoms with E-state index in [9.17, 15) is 9.59 Å². The zero-order chi connectivity index (χ0) is 22.5. The average Bonchev–Trinajstić information content (AvgIpc) is 3.37. The molecular formula is C23H20N4O4S. The molecule has 0 spiro atoms. The molecule has 2 aromatic carbocycles. The molecule has 2 aliphatic rings. The van der Waals surface area contributed by atoms with Gasteiger partial charge in [0.25, 0.3) is 5.91 Å². The first kappa shape index (κ1) is 21.5.